The molecule has 2 aliphatic rings. The summed E-state index contributed by atoms with van der Waals surface area (Å²) in [6.07, 6.45) is -6.24. The maximum absolute atomic E-state index is 10.6. The maximum atomic E-state index is 10.6. The topological polar surface area (TPSA) is 105 Å². The van der Waals surface area contributed by atoms with Crippen LogP contribution in [-0.4, -0.2) is 101 Å². The molecule has 206 valence electrons. The van der Waals surface area contributed by atoms with E-state index < -0.39 is 24.3 Å². The number of rotatable bonds is 4. The third kappa shape index (κ3) is 11.3. The molecule has 14 heteroatoms. The zero-order valence-electron chi connectivity index (χ0n) is 19.7. The molecule has 0 aromatic heterocycles. The summed E-state index contributed by atoms with van der Waals surface area (Å²) in [7, 11) is 0. The van der Waals surface area contributed by atoms with Crippen LogP contribution in [0.3, 0.4) is 0 Å². The summed E-state index contributed by atoms with van der Waals surface area (Å²) in [5.74, 6) is -5.15. The molecule has 3 N–H and O–H groups in total. The maximum Gasteiger partial charge on any atom is 0.490 e. The number of benzene rings is 1. The highest BCUT2D eigenvalue weighted by Gasteiger charge is 2.38. The van der Waals surface area contributed by atoms with Crippen LogP contribution in [0.25, 0.3) is 0 Å². The number of hydrogen-bond acceptors (Lipinski definition) is 6. The number of likely N-dealkylation sites (tertiary alicyclic amines) is 1. The second kappa shape index (κ2) is 14.1. The van der Waals surface area contributed by atoms with Crippen molar-refractivity contribution in [2.24, 2.45) is 0 Å². The Morgan fingerprint density at radius 2 is 1.36 bits per heavy atom. The molecule has 2 fully saturated rings. The van der Waals surface area contributed by atoms with Crippen LogP contribution in [0.4, 0.5) is 32.0 Å². The second-order valence-corrected chi connectivity index (χ2v) is 8.22. The van der Waals surface area contributed by atoms with Gasteiger partial charge >= 0.3 is 24.3 Å². The molecular weight excluding hydrogens is 500 g/mol. The average molecular weight is 531 g/mol. The van der Waals surface area contributed by atoms with Crippen molar-refractivity contribution in [1.29, 1.82) is 0 Å². The second-order valence-electron chi connectivity index (χ2n) is 8.22. The van der Waals surface area contributed by atoms with Gasteiger partial charge < -0.3 is 25.1 Å². The van der Waals surface area contributed by atoms with E-state index >= 15 is 0 Å². The third-order valence-electron chi connectivity index (χ3n) is 5.61. The first-order valence-electron chi connectivity index (χ1n) is 11.3. The van der Waals surface area contributed by atoms with Crippen LogP contribution in [0.5, 0.6) is 5.75 Å². The molecule has 0 radical (unpaired) electrons. The van der Waals surface area contributed by atoms with E-state index in [1.165, 1.54) is 38.9 Å². The van der Waals surface area contributed by atoms with Crippen molar-refractivity contribution in [2.45, 2.75) is 44.6 Å². The summed E-state index contributed by atoms with van der Waals surface area (Å²) in [5.41, 5.74) is 1.15. The molecule has 8 nitrogen and oxygen atoms in total. The fraction of sp³-hybridized carbons (Fsp3) is 0.636. The number of carbonyl (C=O) groups is 2. The molecule has 3 rings (SSSR count). The van der Waals surface area contributed by atoms with E-state index in [1.807, 2.05) is 12.1 Å². The van der Waals surface area contributed by atoms with Gasteiger partial charge in [0.1, 0.15) is 5.75 Å². The van der Waals surface area contributed by atoms with Gasteiger partial charge in [0, 0.05) is 44.0 Å². The van der Waals surface area contributed by atoms with Gasteiger partial charge in [-0.25, -0.2) is 9.59 Å². The highest BCUT2D eigenvalue weighted by molar-refractivity contribution is 5.73. The van der Waals surface area contributed by atoms with Crippen molar-refractivity contribution in [2.75, 3.05) is 50.7 Å². The number of aliphatic carboxylic acids is 2. The number of hydrogen-bond donors (Lipinski definition) is 3. The van der Waals surface area contributed by atoms with E-state index in [9.17, 15) is 31.4 Å². The summed E-state index contributed by atoms with van der Waals surface area (Å²) in [5, 5.41) is 23.9. The van der Waals surface area contributed by atoms with Gasteiger partial charge in [-0.05, 0) is 51.0 Å². The number of piperidine rings is 1. The van der Waals surface area contributed by atoms with E-state index in [0.29, 0.717) is 5.75 Å². The molecule has 2 saturated heterocycles. The Labute approximate surface area is 204 Å². The number of piperazine rings is 1. The molecule has 36 heavy (non-hydrogen) atoms. The van der Waals surface area contributed by atoms with E-state index in [1.54, 1.807) is 6.07 Å². The minimum Gasteiger partial charge on any atom is -0.508 e. The summed E-state index contributed by atoms with van der Waals surface area (Å²) < 4.78 is 63.5. The lowest BCUT2D eigenvalue weighted by molar-refractivity contribution is -0.193. The number of phenolic OH excluding ortho intramolecular Hbond substituents is 1. The zero-order valence-corrected chi connectivity index (χ0v) is 19.7. The zero-order chi connectivity index (χ0) is 27.5. The third-order valence-corrected chi connectivity index (χ3v) is 5.61. The van der Waals surface area contributed by atoms with Crippen LogP contribution in [-0.2, 0) is 9.59 Å². The minimum atomic E-state index is -5.08. The van der Waals surface area contributed by atoms with Crippen molar-refractivity contribution in [3.8, 4) is 5.75 Å². The summed E-state index contributed by atoms with van der Waals surface area (Å²) >= 11 is 0. The van der Waals surface area contributed by atoms with Gasteiger partial charge in [0.25, 0.3) is 0 Å². The molecule has 2 heterocycles. The Morgan fingerprint density at radius 1 is 0.889 bits per heavy atom. The fourth-order valence-electron chi connectivity index (χ4n) is 3.86. The number of phenols is 1. The SMILES string of the molecule is CCCN1CCC(N2CCN(c3cccc(O)c3)CC2)CC1.O=C(O)C(F)(F)F.O=C(O)C(F)(F)F. The largest absolute Gasteiger partial charge is 0.508 e. The molecule has 0 saturated carbocycles. The van der Waals surface area contributed by atoms with Crippen LogP contribution in [0.15, 0.2) is 24.3 Å². The first-order valence-corrected chi connectivity index (χ1v) is 11.3. The summed E-state index contributed by atoms with van der Waals surface area (Å²) in [6, 6.07) is 8.42. The van der Waals surface area contributed by atoms with E-state index in [0.717, 1.165) is 37.9 Å². The Bertz CT molecular complexity index is 797. The fourth-order valence-corrected chi connectivity index (χ4v) is 3.86. The lowest BCUT2D eigenvalue weighted by Crippen LogP contribution is -2.53. The van der Waals surface area contributed by atoms with Gasteiger partial charge in [-0.3, -0.25) is 4.90 Å². The molecule has 0 atom stereocenters. The van der Waals surface area contributed by atoms with Crippen LogP contribution >= 0.6 is 0 Å². The van der Waals surface area contributed by atoms with E-state index in [-0.39, 0.29) is 0 Å². The van der Waals surface area contributed by atoms with Gasteiger partial charge in [-0.1, -0.05) is 13.0 Å². The van der Waals surface area contributed by atoms with Crippen molar-refractivity contribution in [3.05, 3.63) is 24.3 Å². The van der Waals surface area contributed by atoms with E-state index in [2.05, 4.69) is 27.7 Å². The quantitative estimate of drug-likeness (QED) is 0.506. The van der Waals surface area contributed by atoms with Crippen molar-refractivity contribution in [1.82, 2.24) is 9.80 Å². The number of carboxylic acids is 2. The highest BCUT2D eigenvalue weighted by atomic mass is 19.4. The minimum absolute atomic E-state index is 0.364. The predicted molar refractivity (Wildman–Crippen MR) is 119 cm³/mol. The molecule has 0 amide bonds. The molecular formula is C22H31F6N3O5. The Kier molecular flexibility index (Phi) is 12.3. The molecule has 1 aromatic rings. The lowest BCUT2D eigenvalue weighted by atomic mass is 10.0. The molecule has 0 unspecified atom stereocenters. The van der Waals surface area contributed by atoms with Crippen molar-refractivity contribution in [3.63, 3.8) is 0 Å². The van der Waals surface area contributed by atoms with Crippen LogP contribution in [0.1, 0.15) is 26.2 Å². The molecule has 0 bridgehead atoms. The van der Waals surface area contributed by atoms with Crippen LogP contribution in [0, 0.1) is 0 Å². The number of aromatic hydroxyl groups is 1. The Hall–Kier alpha value is -2.74. The average Bonchev–Trinajstić information content (AvgIpc) is 2.79. The van der Waals surface area contributed by atoms with Gasteiger partial charge in [0.05, 0.1) is 0 Å². The molecule has 0 spiro atoms. The van der Waals surface area contributed by atoms with Crippen molar-refractivity contribution >= 4 is 17.6 Å². The number of halogens is 6. The van der Waals surface area contributed by atoms with Crippen LogP contribution in [0.2, 0.25) is 0 Å². The van der Waals surface area contributed by atoms with Gasteiger partial charge in [0.2, 0.25) is 0 Å². The summed E-state index contributed by atoms with van der Waals surface area (Å²) in [6.45, 7) is 10.5. The predicted octanol–water partition coefficient (Wildman–Crippen LogP) is 3.66. The standard InChI is InChI=1S/C18H29N3O.2C2HF3O2/c1-2-8-19-9-6-16(7-10-19)20-11-13-21(14-12-20)17-4-3-5-18(22)15-17;2*3-2(4,5)1(6)7/h3-5,15-16,22H,2,6-14H2,1H3;2*(H,6,7). The normalized spacial score (nSPS) is 17.9. The first-order chi connectivity index (χ1) is 16.6. The molecule has 1 aromatic carbocycles. The summed E-state index contributed by atoms with van der Waals surface area (Å²) in [4.78, 5) is 25.5. The monoisotopic (exact) mass is 531 g/mol. The lowest BCUT2D eigenvalue weighted by Gasteiger charge is -2.43. The van der Waals surface area contributed by atoms with Gasteiger partial charge in [-0.15, -0.1) is 0 Å². The highest BCUT2D eigenvalue weighted by Crippen LogP contribution is 2.24. The first kappa shape index (κ1) is 31.3. The van der Waals surface area contributed by atoms with Crippen LogP contribution < -0.4 is 4.90 Å². The smallest absolute Gasteiger partial charge is 0.490 e. The van der Waals surface area contributed by atoms with Gasteiger partial charge in [-0.2, -0.15) is 26.3 Å². The van der Waals surface area contributed by atoms with E-state index in [4.69, 9.17) is 19.8 Å². The number of carboxylic acid groups (broad SMARTS) is 2. The molecule has 0 aliphatic carbocycles. The Balaban J connectivity index is 0.000000383. The number of alkyl halides is 6. The number of anilines is 1. The van der Waals surface area contributed by atoms with Gasteiger partial charge in [0.15, 0.2) is 0 Å². The van der Waals surface area contributed by atoms with Crippen molar-refractivity contribution < 1.29 is 51.3 Å². The Morgan fingerprint density at radius 3 is 1.75 bits per heavy atom. The molecule has 2 aliphatic heterocycles. The number of nitrogens with zero attached hydrogens (tertiary/aromatic N) is 3.